The molecule has 1 aliphatic heterocycles. The zero-order chi connectivity index (χ0) is 27.4. The number of thiocarbonyl (C=S) groups is 1. The van der Waals surface area contributed by atoms with Crippen molar-refractivity contribution in [2.24, 2.45) is 0 Å². The van der Waals surface area contributed by atoms with Crippen molar-refractivity contribution in [3.05, 3.63) is 103 Å². The molecule has 3 aromatic carbocycles. The molecule has 1 heterocycles. The van der Waals surface area contributed by atoms with Gasteiger partial charge in [-0.05, 0) is 54.2 Å². The normalized spacial score (nSPS) is 13.9. The quantitative estimate of drug-likeness (QED) is 0.177. The summed E-state index contributed by atoms with van der Waals surface area (Å²) in [7, 11) is 1.36. The minimum Gasteiger partial charge on any atom is -0.493 e. The van der Waals surface area contributed by atoms with E-state index >= 15 is 0 Å². The smallest absolute Gasteiger partial charge is 0.318 e. The zero-order valence-electron chi connectivity index (χ0n) is 19.4. The fraction of sp³-hybridized carbons (Fsp3) is 0.0417. The van der Waals surface area contributed by atoms with E-state index < -0.39 is 33.0 Å². The highest BCUT2D eigenvalue weighted by Gasteiger charge is 2.34. The molecule has 1 aliphatic rings. The number of non-ortho nitro benzene ring substituents is 1. The van der Waals surface area contributed by atoms with Gasteiger partial charge >= 0.3 is 5.69 Å². The van der Waals surface area contributed by atoms with Gasteiger partial charge in [0.1, 0.15) is 0 Å². The first-order valence-corrected chi connectivity index (χ1v) is 11.8. The standard InChI is InChI=1S/C24H16N4O8S2/c1-35-20-11-14(7-9-19(20)36-18-10-8-16(27(31)32)13-17(18)28(33)34)12-21-23(30)26(24(37)38-21)25-22(29)15-5-3-2-4-6-15/h2-13H,1H3,(H,25,29)/b21-12+. The molecule has 12 nitrogen and oxygen atoms in total. The molecule has 1 fully saturated rings. The van der Waals surface area contributed by atoms with Crippen molar-refractivity contribution in [1.82, 2.24) is 10.4 Å². The van der Waals surface area contributed by atoms with Crippen molar-refractivity contribution in [1.29, 1.82) is 0 Å². The van der Waals surface area contributed by atoms with Crippen LogP contribution in [0.2, 0.25) is 0 Å². The molecule has 0 atom stereocenters. The van der Waals surface area contributed by atoms with Crippen molar-refractivity contribution in [3.63, 3.8) is 0 Å². The molecule has 0 aliphatic carbocycles. The van der Waals surface area contributed by atoms with E-state index in [4.69, 9.17) is 21.7 Å². The van der Waals surface area contributed by atoms with Crippen LogP contribution < -0.4 is 14.9 Å². The van der Waals surface area contributed by atoms with Gasteiger partial charge in [-0.1, -0.05) is 36.0 Å². The van der Waals surface area contributed by atoms with Gasteiger partial charge in [-0.15, -0.1) is 0 Å². The Kier molecular flexibility index (Phi) is 7.64. The second kappa shape index (κ2) is 11.1. The minimum absolute atomic E-state index is 0.101. The minimum atomic E-state index is -0.790. The Labute approximate surface area is 224 Å². The number of rotatable bonds is 8. The Morgan fingerprint density at radius 2 is 1.71 bits per heavy atom. The molecular formula is C24H16N4O8S2. The van der Waals surface area contributed by atoms with Crippen molar-refractivity contribution < 1.29 is 28.9 Å². The summed E-state index contributed by atoms with van der Waals surface area (Å²) in [5, 5.41) is 23.4. The number of amides is 2. The predicted octanol–water partition coefficient (Wildman–Crippen LogP) is 4.85. The highest BCUT2D eigenvalue weighted by Crippen LogP contribution is 2.39. The molecule has 1 saturated heterocycles. The number of nitrogens with zero attached hydrogens (tertiary/aromatic N) is 3. The topological polar surface area (TPSA) is 154 Å². The van der Waals surface area contributed by atoms with E-state index in [1.807, 2.05) is 0 Å². The number of benzene rings is 3. The number of nitro groups is 2. The van der Waals surface area contributed by atoms with E-state index in [-0.39, 0.29) is 26.5 Å². The third-order valence-electron chi connectivity index (χ3n) is 5.10. The lowest BCUT2D eigenvalue weighted by Gasteiger charge is -2.15. The Hall–Kier alpha value is -4.82. The maximum Gasteiger partial charge on any atom is 0.318 e. The average molecular weight is 553 g/mol. The Bertz CT molecular complexity index is 1510. The second-order valence-corrected chi connectivity index (χ2v) is 9.18. The molecule has 4 rings (SSSR count). The largest absolute Gasteiger partial charge is 0.493 e. The van der Waals surface area contributed by atoms with Crippen molar-refractivity contribution >= 4 is 57.6 Å². The highest BCUT2D eigenvalue weighted by atomic mass is 32.2. The van der Waals surface area contributed by atoms with Gasteiger partial charge in [0.25, 0.3) is 17.5 Å². The van der Waals surface area contributed by atoms with E-state index in [1.54, 1.807) is 36.4 Å². The summed E-state index contributed by atoms with van der Waals surface area (Å²) in [4.78, 5) is 46.4. The third-order valence-corrected chi connectivity index (χ3v) is 6.40. The Morgan fingerprint density at radius 1 is 1.00 bits per heavy atom. The molecule has 2 amide bonds. The Morgan fingerprint density at radius 3 is 2.37 bits per heavy atom. The number of carbonyl (C=O) groups is 2. The molecule has 14 heteroatoms. The molecule has 3 aromatic rings. The first kappa shape index (κ1) is 26.2. The number of hydrogen-bond donors (Lipinski definition) is 1. The molecule has 0 bridgehead atoms. The predicted molar refractivity (Wildman–Crippen MR) is 142 cm³/mol. The van der Waals surface area contributed by atoms with Gasteiger partial charge in [-0.3, -0.25) is 35.2 Å². The number of carbonyl (C=O) groups excluding carboxylic acids is 2. The van der Waals surface area contributed by atoms with Crippen molar-refractivity contribution in [2.75, 3.05) is 7.11 Å². The van der Waals surface area contributed by atoms with Crippen LogP contribution in [0.15, 0.2) is 71.6 Å². The van der Waals surface area contributed by atoms with Gasteiger partial charge < -0.3 is 9.47 Å². The third kappa shape index (κ3) is 5.61. The second-order valence-electron chi connectivity index (χ2n) is 7.50. The molecule has 0 unspecified atom stereocenters. The summed E-state index contributed by atoms with van der Waals surface area (Å²) in [5.41, 5.74) is 2.33. The number of hydrazine groups is 1. The number of nitrogens with one attached hydrogen (secondary N) is 1. The zero-order valence-corrected chi connectivity index (χ0v) is 21.0. The van der Waals surface area contributed by atoms with Gasteiger partial charge in [0, 0.05) is 11.6 Å². The number of methoxy groups -OCH3 is 1. The summed E-state index contributed by atoms with van der Waals surface area (Å²) in [5.74, 6) is -0.957. The van der Waals surface area contributed by atoms with Crippen LogP contribution in [0.1, 0.15) is 15.9 Å². The van der Waals surface area contributed by atoms with Crippen molar-refractivity contribution in [2.45, 2.75) is 0 Å². The van der Waals surface area contributed by atoms with E-state index in [9.17, 15) is 29.8 Å². The van der Waals surface area contributed by atoms with Gasteiger partial charge in [-0.2, -0.15) is 5.01 Å². The van der Waals surface area contributed by atoms with Gasteiger partial charge in [0.05, 0.1) is 27.9 Å². The lowest BCUT2D eigenvalue weighted by Crippen LogP contribution is -2.44. The molecule has 192 valence electrons. The van der Waals surface area contributed by atoms with Crippen LogP contribution in [0.25, 0.3) is 6.08 Å². The number of hydrogen-bond acceptors (Lipinski definition) is 10. The fourth-order valence-electron chi connectivity index (χ4n) is 3.30. The summed E-state index contributed by atoms with van der Waals surface area (Å²) in [6.45, 7) is 0. The Balaban J connectivity index is 1.55. The molecule has 0 radical (unpaired) electrons. The lowest BCUT2D eigenvalue weighted by molar-refractivity contribution is -0.394. The van der Waals surface area contributed by atoms with Crippen LogP contribution in [0.4, 0.5) is 11.4 Å². The van der Waals surface area contributed by atoms with Crippen LogP contribution in [0.3, 0.4) is 0 Å². The molecule has 1 N–H and O–H groups in total. The molecule has 0 aromatic heterocycles. The highest BCUT2D eigenvalue weighted by molar-refractivity contribution is 8.26. The molecule has 0 spiro atoms. The number of ether oxygens (including phenoxy) is 2. The fourth-order valence-corrected chi connectivity index (χ4v) is 4.48. The van der Waals surface area contributed by atoms with Gasteiger partial charge in [-0.25, -0.2) is 0 Å². The molecule has 0 saturated carbocycles. The maximum absolute atomic E-state index is 12.9. The van der Waals surface area contributed by atoms with E-state index in [0.717, 1.165) is 35.0 Å². The van der Waals surface area contributed by atoms with Crippen LogP contribution in [-0.2, 0) is 4.79 Å². The van der Waals surface area contributed by atoms with Gasteiger partial charge in [0.2, 0.25) is 5.75 Å². The maximum atomic E-state index is 12.9. The molecule has 38 heavy (non-hydrogen) atoms. The summed E-state index contributed by atoms with van der Waals surface area (Å²) >= 11 is 6.25. The monoisotopic (exact) mass is 552 g/mol. The average Bonchev–Trinajstić information content (AvgIpc) is 3.17. The lowest BCUT2D eigenvalue weighted by atomic mass is 10.2. The number of nitro benzene ring substituents is 2. The van der Waals surface area contributed by atoms with Crippen molar-refractivity contribution in [3.8, 4) is 17.2 Å². The van der Waals surface area contributed by atoms with Crippen LogP contribution in [0.5, 0.6) is 17.2 Å². The summed E-state index contributed by atoms with van der Waals surface area (Å²) in [6.07, 6.45) is 1.54. The first-order chi connectivity index (χ1) is 18.2. The van der Waals surface area contributed by atoms with Gasteiger partial charge in [0.15, 0.2) is 15.8 Å². The summed E-state index contributed by atoms with van der Waals surface area (Å²) < 4.78 is 11.1. The van der Waals surface area contributed by atoms with E-state index in [2.05, 4.69) is 5.43 Å². The van der Waals surface area contributed by atoms with Crippen LogP contribution >= 0.6 is 24.0 Å². The van der Waals surface area contributed by atoms with E-state index in [0.29, 0.717) is 11.1 Å². The first-order valence-electron chi connectivity index (χ1n) is 10.6. The number of thioether (sulfide) groups is 1. The van der Waals surface area contributed by atoms with Crippen LogP contribution in [-0.4, -0.2) is 38.1 Å². The SMILES string of the molecule is COc1cc(/C=C2/SC(=S)N(NC(=O)c3ccccc3)C2=O)ccc1Oc1ccc([N+](=O)[O-])cc1[N+](=O)[O-]. The molecular weight excluding hydrogens is 536 g/mol. The van der Waals surface area contributed by atoms with E-state index in [1.165, 1.54) is 25.3 Å². The van der Waals surface area contributed by atoms with Crippen LogP contribution in [0, 0.1) is 20.2 Å². The summed E-state index contributed by atoms with van der Waals surface area (Å²) in [6, 6.07) is 15.9.